The maximum Gasteiger partial charge on any atom is 0.0553 e. The predicted octanol–water partition coefficient (Wildman–Crippen LogP) is 28.0. The minimum Gasteiger partial charge on any atom is -0.345 e. The van der Waals surface area contributed by atoms with E-state index >= 15 is 0 Å². The lowest BCUT2D eigenvalue weighted by Gasteiger charge is -2.25. The van der Waals surface area contributed by atoms with Gasteiger partial charge < -0.3 is 28.4 Å². The van der Waals surface area contributed by atoms with Crippen molar-refractivity contribution in [2.24, 2.45) is 0 Å². The van der Waals surface area contributed by atoms with Crippen LogP contribution in [-0.4, -0.2) is 27.8 Å². The lowest BCUT2D eigenvalue weighted by atomic mass is 9.94. The number of hydrogen-bond acceptors (Lipinski definition) is 3. The molecule has 526 valence electrons. The Labute approximate surface area is 646 Å². The second kappa shape index (κ2) is 28.0. The van der Waals surface area contributed by atoms with Gasteiger partial charge in [0.15, 0.2) is 0 Å². The van der Waals surface area contributed by atoms with E-state index in [0.717, 1.165) is 95.6 Å². The standard InChI is InChI=1S/C105H76N6/c1-106(84-24-8-3-9-25-84)86-57-48-74(49-58-86)73-42-46-77(47-43-73)81-66-83(71-108-98-37-21-18-34-93(98)94-65-56-80(68-101(94)108)76-44-40-72(41-45-76)75-52-61-91(62-53-75)109(88-28-12-5-13-29-88)89-30-14-6-15-31-89)104-95-35-19-22-38-99(95)111(102(104)69-81)92-63-54-79(55-64-92)97-67-82(78-50-59-87(60-51-78)107(2)85-26-10-4-11-27-85)70-103-105(97)96-36-20-23-39-100(96)110(103)90-32-16-7-17-33-90/h3-70H,71H2,1-2H3. The number of rotatable bonds is 17. The summed E-state index contributed by atoms with van der Waals surface area (Å²) < 4.78 is 7.52. The molecular weight excluding hydrogens is 1350 g/mol. The van der Waals surface area contributed by atoms with Crippen LogP contribution in [0, 0.1) is 0 Å². The van der Waals surface area contributed by atoms with Crippen molar-refractivity contribution in [3.63, 3.8) is 0 Å². The van der Waals surface area contributed by atoms with Gasteiger partial charge in [-0.3, -0.25) is 0 Å². The summed E-state index contributed by atoms with van der Waals surface area (Å²) in [6, 6.07) is 151. The fourth-order valence-electron chi connectivity index (χ4n) is 16.9. The first kappa shape index (κ1) is 66.0. The molecule has 0 atom stereocenters. The monoisotopic (exact) mass is 1420 g/mol. The molecule has 0 amide bonds. The average Bonchev–Trinajstić information content (AvgIpc) is 1.58. The van der Waals surface area contributed by atoms with Gasteiger partial charge in [-0.05, 0) is 230 Å². The zero-order valence-electron chi connectivity index (χ0n) is 61.7. The van der Waals surface area contributed by atoms with Crippen LogP contribution in [0.25, 0.3) is 144 Å². The third kappa shape index (κ3) is 12.0. The normalized spacial score (nSPS) is 11.5. The third-order valence-corrected chi connectivity index (χ3v) is 22.6. The molecule has 20 aromatic rings. The van der Waals surface area contributed by atoms with Gasteiger partial charge in [0, 0.05) is 110 Å². The van der Waals surface area contributed by atoms with Crippen molar-refractivity contribution in [2.75, 3.05) is 28.8 Å². The van der Waals surface area contributed by atoms with Gasteiger partial charge >= 0.3 is 0 Å². The molecule has 111 heavy (non-hydrogen) atoms. The molecule has 0 fully saturated rings. The highest BCUT2D eigenvalue weighted by atomic mass is 15.1. The maximum absolute atomic E-state index is 2.57. The lowest BCUT2D eigenvalue weighted by molar-refractivity contribution is 0.877. The van der Waals surface area contributed by atoms with Gasteiger partial charge in [-0.1, -0.05) is 255 Å². The summed E-state index contributed by atoms with van der Waals surface area (Å²) in [5.74, 6) is 0. The smallest absolute Gasteiger partial charge is 0.0553 e. The summed E-state index contributed by atoms with van der Waals surface area (Å²) in [6.45, 7) is 0.628. The molecule has 0 saturated carbocycles. The van der Waals surface area contributed by atoms with Crippen LogP contribution in [0.2, 0.25) is 0 Å². The second-order valence-corrected chi connectivity index (χ2v) is 29.0. The van der Waals surface area contributed by atoms with E-state index in [4.69, 9.17) is 0 Å². The molecule has 6 nitrogen and oxygen atoms in total. The van der Waals surface area contributed by atoms with Gasteiger partial charge in [0.25, 0.3) is 0 Å². The van der Waals surface area contributed by atoms with Crippen molar-refractivity contribution in [3.05, 3.63) is 418 Å². The molecule has 20 rings (SSSR count). The number of fused-ring (bicyclic) bond motifs is 9. The Kier molecular flexibility index (Phi) is 16.7. The van der Waals surface area contributed by atoms with Gasteiger partial charge in [-0.25, -0.2) is 0 Å². The van der Waals surface area contributed by atoms with Gasteiger partial charge in [0.05, 0.1) is 27.6 Å². The Balaban J connectivity index is 0.706. The number of benzene rings is 17. The van der Waals surface area contributed by atoms with Crippen LogP contribution in [0.4, 0.5) is 39.8 Å². The Morgan fingerprint density at radius 1 is 0.207 bits per heavy atom. The third-order valence-electron chi connectivity index (χ3n) is 22.6. The molecule has 0 aliphatic rings. The summed E-state index contributed by atoms with van der Waals surface area (Å²) in [4.78, 5) is 6.78. The van der Waals surface area contributed by atoms with Crippen molar-refractivity contribution >= 4 is 105 Å². The molecule has 3 heterocycles. The van der Waals surface area contributed by atoms with Crippen LogP contribution in [-0.2, 0) is 6.54 Å². The van der Waals surface area contributed by atoms with Gasteiger partial charge in [-0.15, -0.1) is 0 Å². The van der Waals surface area contributed by atoms with Crippen LogP contribution in [0.5, 0.6) is 0 Å². The van der Waals surface area contributed by atoms with Crippen molar-refractivity contribution in [1.29, 1.82) is 0 Å². The van der Waals surface area contributed by atoms with E-state index in [2.05, 4.69) is 455 Å². The largest absolute Gasteiger partial charge is 0.345 e. The second-order valence-electron chi connectivity index (χ2n) is 29.0. The molecule has 0 bridgehead atoms. The first-order chi connectivity index (χ1) is 54.9. The van der Waals surface area contributed by atoms with Crippen LogP contribution in [0.15, 0.2) is 413 Å². The highest BCUT2D eigenvalue weighted by Gasteiger charge is 2.24. The number of aromatic nitrogens is 3. The SMILES string of the molecule is CN(c1ccccc1)c1ccc(-c2ccc(-c3cc(Cn4c5ccccc5c5ccc(-c6ccc(-c7ccc(N(c8ccccc8)c8ccccc8)cc7)cc6)cc54)c4c5ccccc5n(-c5ccc(-c6cc(-c7ccc(N(C)c8ccccc8)cc7)cc7c6c6ccccc6n7-c6ccccc6)cc5)c4c3)cc2)cc1. The van der Waals surface area contributed by atoms with E-state index in [1.54, 1.807) is 0 Å². The number of anilines is 7. The fourth-order valence-corrected chi connectivity index (χ4v) is 16.9. The van der Waals surface area contributed by atoms with Gasteiger partial charge in [0.2, 0.25) is 0 Å². The lowest BCUT2D eigenvalue weighted by Crippen LogP contribution is -2.09. The predicted molar refractivity (Wildman–Crippen MR) is 470 cm³/mol. The Bertz CT molecular complexity index is 6750. The van der Waals surface area contributed by atoms with E-state index in [0.29, 0.717) is 6.54 Å². The topological polar surface area (TPSA) is 24.5 Å². The van der Waals surface area contributed by atoms with Crippen LogP contribution in [0.1, 0.15) is 5.56 Å². The summed E-state index contributed by atoms with van der Waals surface area (Å²) in [7, 11) is 4.26. The Hall–Kier alpha value is -14.5. The van der Waals surface area contributed by atoms with Gasteiger partial charge in [0.1, 0.15) is 0 Å². The number of hydrogen-bond donors (Lipinski definition) is 0. The zero-order chi connectivity index (χ0) is 73.9. The molecule has 3 aromatic heterocycles. The number of para-hydroxylation sites is 8. The van der Waals surface area contributed by atoms with Crippen molar-refractivity contribution < 1.29 is 0 Å². The fraction of sp³-hybridized carbons (Fsp3) is 0.0286. The first-order valence-electron chi connectivity index (χ1n) is 38.2. The maximum atomic E-state index is 2.57. The quantitative estimate of drug-likeness (QED) is 0.0908. The summed E-state index contributed by atoms with van der Waals surface area (Å²) >= 11 is 0. The van der Waals surface area contributed by atoms with E-state index < -0.39 is 0 Å². The Morgan fingerprint density at radius 2 is 0.523 bits per heavy atom. The van der Waals surface area contributed by atoms with E-state index in [9.17, 15) is 0 Å². The summed E-state index contributed by atoms with van der Waals surface area (Å²) in [5, 5.41) is 7.34. The van der Waals surface area contributed by atoms with Gasteiger partial charge in [-0.2, -0.15) is 0 Å². The molecule has 0 radical (unpaired) electrons. The van der Waals surface area contributed by atoms with Crippen molar-refractivity contribution in [1.82, 2.24) is 13.7 Å². The minimum absolute atomic E-state index is 0.628. The Morgan fingerprint density at radius 3 is 1.02 bits per heavy atom. The van der Waals surface area contributed by atoms with Crippen LogP contribution < -0.4 is 14.7 Å². The van der Waals surface area contributed by atoms with E-state index in [1.165, 1.54) is 93.4 Å². The average molecular weight is 1420 g/mol. The van der Waals surface area contributed by atoms with Crippen LogP contribution >= 0.6 is 0 Å². The highest BCUT2D eigenvalue weighted by molar-refractivity contribution is 6.18. The first-order valence-corrected chi connectivity index (χ1v) is 38.2. The molecule has 0 aliphatic carbocycles. The van der Waals surface area contributed by atoms with Crippen molar-refractivity contribution in [2.45, 2.75) is 6.54 Å². The van der Waals surface area contributed by atoms with E-state index in [1.807, 2.05) is 0 Å². The molecule has 0 saturated heterocycles. The van der Waals surface area contributed by atoms with Crippen molar-refractivity contribution in [3.8, 4) is 78.1 Å². The molecular formula is C105H76N6. The highest BCUT2D eigenvalue weighted by Crippen LogP contribution is 2.46. The molecule has 0 aliphatic heterocycles. The zero-order valence-corrected chi connectivity index (χ0v) is 61.7. The molecule has 17 aromatic carbocycles. The molecule has 0 spiro atoms. The summed E-state index contributed by atoms with van der Waals surface area (Å²) in [5.41, 5.74) is 32.3. The van der Waals surface area contributed by atoms with Crippen LogP contribution in [0.3, 0.4) is 0 Å². The van der Waals surface area contributed by atoms with E-state index in [-0.39, 0.29) is 0 Å². The number of nitrogens with zero attached hydrogens (tertiary/aromatic N) is 6. The molecule has 0 unspecified atom stereocenters. The summed E-state index contributed by atoms with van der Waals surface area (Å²) in [6.07, 6.45) is 0. The molecule has 0 N–H and O–H groups in total. The minimum atomic E-state index is 0.628. The molecule has 6 heteroatoms.